The molecule has 162 valence electrons. The van der Waals surface area contributed by atoms with Gasteiger partial charge in [0.15, 0.2) is 12.4 Å². The summed E-state index contributed by atoms with van der Waals surface area (Å²) in [4.78, 5) is 35.8. The summed E-state index contributed by atoms with van der Waals surface area (Å²) in [6.07, 6.45) is 3.71. The van der Waals surface area contributed by atoms with Gasteiger partial charge in [0, 0.05) is 29.2 Å². The Bertz CT molecular complexity index is 1030. The number of esters is 1. The summed E-state index contributed by atoms with van der Waals surface area (Å²) in [5.41, 5.74) is 2.52. The van der Waals surface area contributed by atoms with E-state index in [-0.39, 0.29) is 11.9 Å². The van der Waals surface area contributed by atoms with Crippen LogP contribution in [0.4, 0.5) is 5.69 Å². The molecule has 0 aliphatic carbocycles. The molecule has 1 aliphatic heterocycles. The van der Waals surface area contributed by atoms with Gasteiger partial charge < -0.3 is 19.5 Å². The van der Waals surface area contributed by atoms with Gasteiger partial charge in [-0.15, -0.1) is 0 Å². The molecule has 7 heteroatoms. The monoisotopic (exact) mass is 423 g/mol. The number of fused-ring (bicyclic) bond motifs is 1. The number of carbonyl (C=O) groups excluding carboxylic acids is 3. The Balaban J connectivity index is 1.60. The summed E-state index contributed by atoms with van der Waals surface area (Å²) in [7, 11) is 0. The zero-order chi connectivity index (χ0) is 22.4. The van der Waals surface area contributed by atoms with Crippen LogP contribution in [-0.4, -0.2) is 37.0 Å². The van der Waals surface area contributed by atoms with Gasteiger partial charge >= 0.3 is 5.97 Å². The van der Waals surface area contributed by atoms with Crippen molar-refractivity contribution in [3.63, 3.8) is 0 Å². The maximum atomic E-state index is 12.1. The summed E-state index contributed by atoms with van der Waals surface area (Å²) >= 11 is 0. The molecular weight excluding hydrogens is 398 g/mol. The van der Waals surface area contributed by atoms with Crippen molar-refractivity contribution >= 4 is 29.4 Å². The lowest BCUT2D eigenvalue weighted by Crippen LogP contribution is -2.21. The Morgan fingerprint density at radius 2 is 2.00 bits per heavy atom. The number of ether oxygens (including phenoxy) is 3. The summed E-state index contributed by atoms with van der Waals surface area (Å²) in [5.74, 6) is 0.0420. The number of amides is 1. The lowest BCUT2D eigenvalue weighted by Gasteiger charge is -2.10. The molecule has 0 spiro atoms. The fourth-order valence-electron chi connectivity index (χ4n) is 3.29. The van der Waals surface area contributed by atoms with Crippen molar-refractivity contribution in [1.82, 2.24) is 0 Å². The Morgan fingerprint density at radius 3 is 2.74 bits per heavy atom. The number of hydrogen-bond donors (Lipinski definition) is 1. The van der Waals surface area contributed by atoms with Gasteiger partial charge in [-0.3, -0.25) is 9.59 Å². The van der Waals surface area contributed by atoms with Crippen molar-refractivity contribution in [2.45, 2.75) is 33.3 Å². The fourth-order valence-corrected chi connectivity index (χ4v) is 3.29. The molecule has 0 aromatic heterocycles. The van der Waals surface area contributed by atoms with Gasteiger partial charge in [-0.2, -0.15) is 0 Å². The average molecular weight is 423 g/mol. The highest BCUT2D eigenvalue weighted by Crippen LogP contribution is 2.35. The van der Waals surface area contributed by atoms with Gasteiger partial charge in [0.05, 0.1) is 12.3 Å². The normalized spacial score (nSPS) is 14.6. The van der Waals surface area contributed by atoms with Crippen LogP contribution in [0.5, 0.6) is 11.5 Å². The fraction of sp³-hybridized carbons (Fsp3) is 0.292. The molecule has 2 aromatic carbocycles. The third kappa shape index (κ3) is 5.72. The van der Waals surface area contributed by atoms with E-state index in [0.29, 0.717) is 29.2 Å². The van der Waals surface area contributed by atoms with Crippen molar-refractivity contribution in [2.24, 2.45) is 0 Å². The summed E-state index contributed by atoms with van der Waals surface area (Å²) < 4.78 is 16.5. The second-order valence-corrected chi connectivity index (χ2v) is 7.15. The van der Waals surface area contributed by atoms with Crippen molar-refractivity contribution in [2.75, 3.05) is 18.5 Å². The molecule has 1 heterocycles. The van der Waals surface area contributed by atoms with E-state index in [0.717, 1.165) is 17.7 Å². The molecule has 1 amide bonds. The molecule has 2 aromatic rings. The van der Waals surface area contributed by atoms with Crippen LogP contribution in [0.25, 0.3) is 6.08 Å². The van der Waals surface area contributed by atoms with Crippen LogP contribution in [-0.2, 0) is 20.7 Å². The van der Waals surface area contributed by atoms with Crippen LogP contribution < -0.4 is 14.8 Å². The number of nitrogens with one attached hydrogen (secondary N) is 1. The largest absolute Gasteiger partial charge is 0.493 e. The van der Waals surface area contributed by atoms with E-state index in [4.69, 9.17) is 14.2 Å². The number of carbonyl (C=O) groups is 3. The number of benzene rings is 2. The third-order valence-corrected chi connectivity index (χ3v) is 4.65. The number of rotatable bonds is 8. The highest BCUT2D eigenvalue weighted by Gasteiger charge is 2.21. The smallest absolute Gasteiger partial charge is 0.331 e. The maximum absolute atomic E-state index is 12.1. The first-order valence-electron chi connectivity index (χ1n) is 10.1. The number of hydrogen-bond acceptors (Lipinski definition) is 6. The average Bonchev–Trinajstić information content (AvgIpc) is 3.09. The van der Waals surface area contributed by atoms with Crippen LogP contribution >= 0.6 is 0 Å². The van der Waals surface area contributed by atoms with Crippen molar-refractivity contribution in [3.8, 4) is 11.5 Å². The molecule has 0 fully saturated rings. The van der Waals surface area contributed by atoms with Crippen LogP contribution in [0, 0.1) is 0 Å². The second-order valence-electron chi connectivity index (χ2n) is 7.15. The number of ketones is 1. The van der Waals surface area contributed by atoms with E-state index in [1.807, 2.05) is 26.0 Å². The van der Waals surface area contributed by atoms with Crippen LogP contribution in [0.2, 0.25) is 0 Å². The molecule has 1 aliphatic rings. The zero-order valence-electron chi connectivity index (χ0n) is 17.8. The Kier molecular flexibility index (Phi) is 7.07. The SMILES string of the molecule is CCOc1cc2c(cc1/C=C/C(=O)OCC(=O)Nc1ccccc1C(C)=O)O[C@H](C)C2. The van der Waals surface area contributed by atoms with E-state index in [2.05, 4.69) is 5.32 Å². The zero-order valence-corrected chi connectivity index (χ0v) is 17.8. The summed E-state index contributed by atoms with van der Waals surface area (Å²) in [6.45, 7) is 5.31. The van der Waals surface area contributed by atoms with Crippen molar-refractivity contribution in [3.05, 3.63) is 59.2 Å². The number of anilines is 1. The molecule has 0 bridgehead atoms. The minimum absolute atomic E-state index is 0.0975. The van der Waals surface area contributed by atoms with E-state index in [1.54, 1.807) is 30.3 Å². The van der Waals surface area contributed by atoms with E-state index in [1.165, 1.54) is 13.0 Å². The van der Waals surface area contributed by atoms with Crippen molar-refractivity contribution in [1.29, 1.82) is 0 Å². The first-order valence-corrected chi connectivity index (χ1v) is 10.1. The van der Waals surface area contributed by atoms with Crippen LogP contribution in [0.3, 0.4) is 0 Å². The molecule has 0 unspecified atom stereocenters. The van der Waals surface area contributed by atoms with Gasteiger partial charge in [-0.05, 0) is 51.1 Å². The minimum atomic E-state index is -0.674. The molecule has 7 nitrogen and oxygen atoms in total. The van der Waals surface area contributed by atoms with Gasteiger partial charge in [-0.25, -0.2) is 4.79 Å². The topological polar surface area (TPSA) is 90.9 Å². The predicted molar refractivity (Wildman–Crippen MR) is 116 cm³/mol. The van der Waals surface area contributed by atoms with E-state index < -0.39 is 18.5 Å². The Labute approximate surface area is 181 Å². The maximum Gasteiger partial charge on any atom is 0.331 e. The molecular formula is C24H25NO6. The first-order chi connectivity index (χ1) is 14.9. The molecule has 0 saturated heterocycles. The highest BCUT2D eigenvalue weighted by atomic mass is 16.5. The molecule has 3 rings (SSSR count). The predicted octanol–water partition coefficient (Wildman–Crippen LogP) is 3.81. The minimum Gasteiger partial charge on any atom is -0.493 e. The summed E-state index contributed by atoms with van der Waals surface area (Å²) in [6, 6.07) is 10.4. The van der Waals surface area contributed by atoms with Gasteiger partial charge in [0.2, 0.25) is 0 Å². The molecule has 31 heavy (non-hydrogen) atoms. The standard InChI is InChI=1S/C24H25NO6/c1-4-29-21-13-18-11-15(2)31-22(18)12-17(21)9-10-24(28)30-14-23(27)25-20-8-6-5-7-19(20)16(3)26/h5-10,12-13,15H,4,11,14H2,1-3H3,(H,25,27)/b10-9+/t15-/m1/s1. The van der Waals surface area contributed by atoms with Crippen molar-refractivity contribution < 1.29 is 28.6 Å². The number of Topliss-reactive ketones (excluding diaryl/α,β-unsaturated/α-hetero) is 1. The lowest BCUT2D eigenvalue weighted by atomic mass is 10.1. The highest BCUT2D eigenvalue weighted by molar-refractivity contribution is 6.04. The molecule has 1 atom stereocenters. The first kappa shape index (κ1) is 22.1. The summed E-state index contributed by atoms with van der Waals surface area (Å²) in [5, 5.41) is 2.58. The molecule has 0 saturated carbocycles. The van der Waals surface area contributed by atoms with E-state index in [9.17, 15) is 14.4 Å². The quantitative estimate of drug-likeness (QED) is 0.394. The van der Waals surface area contributed by atoms with Crippen LogP contribution in [0.1, 0.15) is 42.3 Å². The van der Waals surface area contributed by atoms with Gasteiger partial charge in [0.25, 0.3) is 5.91 Å². The van der Waals surface area contributed by atoms with Gasteiger partial charge in [0.1, 0.15) is 17.6 Å². The third-order valence-electron chi connectivity index (χ3n) is 4.65. The Hall–Kier alpha value is -3.61. The molecule has 0 radical (unpaired) electrons. The second kappa shape index (κ2) is 9.93. The van der Waals surface area contributed by atoms with E-state index >= 15 is 0 Å². The lowest BCUT2D eigenvalue weighted by molar-refractivity contribution is -0.142. The Morgan fingerprint density at radius 1 is 1.23 bits per heavy atom. The molecule has 1 N–H and O–H groups in total. The van der Waals surface area contributed by atoms with Gasteiger partial charge in [-0.1, -0.05) is 12.1 Å². The number of para-hydroxylation sites is 1. The van der Waals surface area contributed by atoms with Crippen LogP contribution in [0.15, 0.2) is 42.5 Å².